The summed E-state index contributed by atoms with van der Waals surface area (Å²) in [5.74, 6) is 0.248. The van der Waals surface area contributed by atoms with Gasteiger partial charge in [0.15, 0.2) is 0 Å². The molecule has 1 N–H and O–H groups in total. The van der Waals surface area contributed by atoms with Crippen LogP contribution in [0.2, 0.25) is 0 Å². The summed E-state index contributed by atoms with van der Waals surface area (Å²) in [4.78, 5) is 10.1. The predicted molar refractivity (Wildman–Crippen MR) is 71.7 cm³/mol. The Morgan fingerprint density at radius 1 is 1.29 bits per heavy atom. The first-order valence-corrected chi connectivity index (χ1v) is 5.64. The van der Waals surface area contributed by atoms with Gasteiger partial charge in [0, 0.05) is 18.2 Å². The van der Waals surface area contributed by atoms with Gasteiger partial charge in [-0.25, -0.2) is 0 Å². The number of non-ortho nitro benzene ring substituents is 1. The molecule has 21 heavy (non-hydrogen) atoms. The van der Waals surface area contributed by atoms with Crippen molar-refractivity contribution in [1.82, 2.24) is 0 Å². The van der Waals surface area contributed by atoms with Gasteiger partial charge in [-0.1, -0.05) is 0 Å². The average Bonchev–Trinajstić information content (AvgIpc) is 2.93. The van der Waals surface area contributed by atoms with Gasteiger partial charge in [0.25, 0.3) is 5.69 Å². The van der Waals surface area contributed by atoms with E-state index in [1.54, 1.807) is 12.1 Å². The van der Waals surface area contributed by atoms with E-state index in [4.69, 9.17) is 14.9 Å². The van der Waals surface area contributed by atoms with Gasteiger partial charge in [0.05, 0.1) is 10.5 Å². The van der Waals surface area contributed by atoms with E-state index in [1.807, 2.05) is 0 Å². The lowest BCUT2D eigenvalue weighted by Crippen LogP contribution is -1.88. The highest BCUT2D eigenvalue weighted by Gasteiger charge is 2.14. The summed E-state index contributed by atoms with van der Waals surface area (Å²) >= 11 is 0. The van der Waals surface area contributed by atoms with Crippen molar-refractivity contribution in [3.63, 3.8) is 0 Å². The third kappa shape index (κ3) is 2.88. The standard InChI is InChI=1S/C14H7N3O4/c15-7-9(8-16)5-11-2-4-14(21-11)12-6-10(17(19)20)1-3-13(12)18/h1-6,18H. The van der Waals surface area contributed by atoms with Crippen molar-refractivity contribution >= 4 is 11.8 Å². The van der Waals surface area contributed by atoms with E-state index in [-0.39, 0.29) is 34.1 Å². The minimum atomic E-state index is -0.587. The number of phenolic OH excluding ortho intramolecular Hbond substituents is 1. The molecule has 7 heteroatoms. The highest BCUT2D eigenvalue weighted by atomic mass is 16.6. The molecule has 0 fully saturated rings. The van der Waals surface area contributed by atoms with Crippen molar-refractivity contribution < 1.29 is 14.4 Å². The van der Waals surface area contributed by atoms with Crippen molar-refractivity contribution in [2.24, 2.45) is 0 Å². The molecule has 0 amide bonds. The molecule has 7 nitrogen and oxygen atoms in total. The highest BCUT2D eigenvalue weighted by molar-refractivity contribution is 5.70. The first kappa shape index (κ1) is 13.8. The molecule has 1 aromatic carbocycles. The summed E-state index contributed by atoms with van der Waals surface area (Å²) in [5.41, 5.74) is -0.176. The Hall–Kier alpha value is -3.58. The summed E-state index contributed by atoms with van der Waals surface area (Å²) in [6, 6.07) is 9.89. The van der Waals surface area contributed by atoms with Gasteiger partial charge in [-0.3, -0.25) is 10.1 Å². The number of hydrogen-bond donors (Lipinski definition) is 1. The normalized spacial score (nSPS) is 9.43. The molecule has 0 aliphatic rings. The molecule has 0 aliphatic carbocycles. The Kier molecular flexibility index (Phi) is 3.69. The summed E-state index contributed by atoms with van der Waals surface area (Å²) < 4.78 is 5.36. The summed E-state index contributed by atoms with van der Waals surface area (Å²) in [6.07, 6.45) is 1.23. The van der Waals surface area contributed by atoms with Gasteiger partial charge in [0.1, 0.15) is 35.0 Å². The molecule has 0 saturated heterocycles. The van der Waals surface area contributed by atoms with Crippen LogP contribution in [0.3, 0.4) is 0 Å². The van der Waals surface area contributed by atoms with Crippen LogP contribution < -0.4 is 0 Å². The van der Waals surface area contributed by atoms with E-state index < -0.39 is 4.92 Å². The molecular weight excluding hydrogens is 274 g/mol. The molecule has 0 atom stereocenters. The predicted octanol–water partition coefficient (Wildman–Crippen LogP) is 2.99. The maximum atomic E-state index is 10.7. The van der Waals surface area contributed by atoms with Gasteiger partial charge < -0.3 is 9.52 Å². The molecular formula is C14H7N3O4. The third-order valence-corrected chi connectivity index (χ3v) is 2.61. The largest absolute Gasteiger partial charge is 0.507 e. The summed E-state index contributed by atoms with van der Waals surface area (Å²) in [5, 5.41) is 37.8. The number of hydrogen-bond acceptors (Lipinski definition) is 6. The number of phenols is 1. The molecule has 0 bridgehead atoms. The number of rotatable bonds is 3. The SMILES string of the molecule is N#CC(C#N)=Cc1ccc(-c2cc([N+](=O)[O-])ccc2O)o1. The monoisotopic (exact) mass is 281 g/mol. The third-order valence-electron chi connectivity index (χ3n) is 2.61. The van der Waals surface area contributed by atoms with Crippen molar-refractivity contribution in [2.45, 2.75) is 0 Å². The fourth-order valence-electron chi connectivity index (χ4n) is 1.64. The molecule has 1 aromatic heterocycles. The molecule has 0 unspecified atom stereocenters. The van der Waals surface area contributed by atoms with Crippen molar-refractivity contribution in [3.8, 4) is 29.2 Å². The number of nitro groups is 1. The smallest absolute Gasteiger partial charge is 0.270 e. The lowest BCUT2D eigenvalue weighted by atomic mass is 10.1. The topological polar surface area (TPSA) is 124 Å². The molecule has 2 rings (SSSR count). The first-order valence-electron chi connectivity index (χ1n) is 5.64. The number of aromatic hydroxyl groups is 1. The first-order chi connectivity index (χ1) is 10.0. The highest BCUT2D eigenvalue weighted by Crippen LogP contribution is 2.33. The van der Waals surface area contributed by atoms with E-state index in [1.165, 1.54) is 36.4 Å². The van der Waals surface area contributed by atoms with E-state index in [2.05, 4.69) is 0 Å². The van der Waals surface area contributed by atoms with Crippen molar-refractivity contribution in [3.05, 3.63) is 51.8 Å². The van der Waals surface area contributed by atoms with Gasteiger partial charge in [-0.05, 0) is 18.2 Å². The average molecular weight is 281 g/mol. The maximum absolute atomic E-state index is 10.7. The van der Waals surface area contributed by atoms with Gasteiger partial charge in [-0.2, -0.15) is 10.5 Å². The van der Waals surface area contributed by atoms with Crippen LogP contribution in [0.5, 0.6) is 5.75 Å². The molecule has 102 valence electrons. The van der Waals surface area contributed by atoms with E-state index in [0.717, 1.165) is 0 Å². The minimum absolute atomic E-state index is 0.140. The lowest BCUT2D eigenvalue weighted by Gasteiger charge is -2.00. The Morgan fingerprint density at radius 3 is 2.62 bits per heavy atom. The second-order valence-corrected chi connectivity index (χ2v) is 3.94. The Morgan fingerprint density at radius 2 is 2.00 bits per heavy atom. The van der Waals surface area contributed by atoms with Crippen LogP contribution in [0.4, 0.5) is 5.69 Å². The fourth-order valence-corrected chi connectivity index (χ4v) is 1.64. The molecule has 1 heterocycles. The van der Waals surface area contributed by atoms with Crippen LogP contribution in [0.25, 0.3) is 17.4 Å². The molecule has 0 radical (unpaired) electrons. The summed E-state index contributed by atoms with van der Waals surface area (Å²) in [7, 11) is 0. The molecule has 0 saturated carbocycles. The zero-order valence-corrected chi connectivity index (χ0v) is 10.5. The number of nitriles is 2. The van der Waals surface area contributed by atoms with E-state index >= 15 is 0 Å². The Balaban J connectivity index is 2.46. The number of nitrogens with zero attached hydrogens (tertiary/aromatic N) is 3. The minimum Gasteiger partial charge on any atom is -0.507 e. The molecule has 2 aromatic rings. The van der Waals surface area contributed by atoms with E-state index in [9.17, 15) is 15.2 Å². The second kappa shape index (κ2) is 5.59. The maximum Gasteiger partial charge on any atom is 0.270 e. The van der Waals surface area contributed by atoms with Crippen LogP contribution in [-0.2, 0) is 0 Å². The molecule has 0 spiro atoms. The van der Waals surface area contributed by atoms with Crippen LogP contribution >= 0.6 is 0 Å². The quantitative estimate of drug-likeness (QED) is 0.523. The Labute approximate surface area is 118 Å². The van der Waals surface area contributed by atoms with Gasteiger partial charge in [-0.15, -0.1) is 0 Å². The van der Waals surface area contributed by atoms with Gasteiger partial charge in [0.2, 0.25) is 0 Å². The second-order valence-electron chi connectivity index (χ2n) is 3.94. The van der Waals surface area contributed by atoms with Crippen LogP contribution in [0.1, 0.15) is 5.76 Å². The fraction of sp³-hybridized carbons (Fsp3) is 0. The van der Waals surface area contributed by atoms with Crippen molar-refractivity contribution in [1.29, 1.82) is 10.5 Å². The van der Waals surface area contributed by atoms with Crippen LogP contribution in [0, 0.1) is 32.8 Å². The number of allylic oxidation sites excluding steroid dienone is 1. The van der Waals surface area contributed by atoms with Crippen LogP contribution in [-0.4, -0.2) is 10.0 Å². The van der Waals surface area contributed by atoms with Crippen molar-refractivity contribution in [2.75, 3.05) is 0 Å². The number of furan rings is 1. The number of benzene rings is 1. The van der Waals surface area contributed by atoms with E-state index in [0.29, 0.717) is 0 Å². The zero-order chi connectivity index (χ0) is 15.4. The van der Waals surface area contributed by atoms with Crippen LogP contribution in [0.15, 0.2) is 40.3 Å². The molecule has 0 aliphatic heterocycles. The number of nitro benzene ring substituents is 1. The lowest BCUT2D eigenvalue weighted by molar-refractivity contribution is -0.384. The van der Waals surface area contributed by atoms with Gasteiger partial charge >= 0.3 is 0 Å². The summed E-state index contributed by atoms with van der Waals surface area (Å²) in [6.45, 7) is 0. The Bertz CT molecular complexity index is 805. The zero-order valence-electron chi connectivity index (χ0n) is 10.5.